The van der Waals surface area contributed by atoms with E-state index in [1.807, 2.05) is 6.92 Å². The van der Waals surface area contributed by atoms with Crippen molar-refractivity contribution in [1.29, 1.82) is 0 Å². The standard InChI is InChI=1S/C16H23ClN2O4S/c1-11-10-14(23-4)16(12(2)15(11)17)24(21,22)19-7-5-6-18(8-9-19)13(3)20/h10H,5-9H2,1-4H3. The van der Waals surface area contributed by atoms with Crippen molar-refractivity contribution in [3.8, 4) is 5.75 Å². The molecule has 0 aromatic heterocycles. The minimum absolute atomic E-state index is 0.0404. The SMILES string of the molecule is COc1cc(C)c(Cl)c(C)c1S(=O)(=O)N1CCCN(C(C)=O)CC1. The molecule has 6 nitrogen and oxygen atoms in total. The Labute approximate surface area is 148 Å². The van der Waals surface area contributed by atoms with Gasteiger partial charge >= 0.3 is 0 Å². The van der Waals surface area contributed by atoms with Gasteiger partial charge in [0, 0.05) is 38.1 Å². The third-order valence-corrected chi connectivity index (χ3v) is 6.96. The molecule has 1 heterocycles. The lowest BCUT2D eigenvalue weighted by molar-refractivity contribution is -0.128. The Balaban J connectivity index is 2.44. The molecule has 134 valence electrons. The molecular weight excluding hydrogens is 352 g/mol. The van der Waals surface area contributed by atoms with Gasteiger partial charge in [0.2, 0.25) is 15.9 Å². The zero-order valence-corrected chi connectivity index (χ0v) is 16.0. The van der Waals surface area contributed by atoms with Crippen LogP contribution < -0.4 is 4.74 Å². The van der Waals surface area contributed by atoms with E-state index in [0.29, 0.717) is 42.4 Å². The number of carbonyl (C=O) groups excluding carboxylic acids is 1. The molecule has 0 saturated carbocycles. The lowest BCUT2D eigenvalue weighted by Gasteiger charge is -2.24. The summed E-state index contributed by atoms with van der Waals surface area (Å²) in [5.74, 6) is 0.253. The smallest absolute Gasteiger partial charge is 0.247 e. The predicted octanol–water partition coefficient (Wildman–Crippen LogP) is 2.21. The molecule has 1 aliphatic heterocycles. The number of carbonyl (C=O) groups is 1. The molecule has 0 aliphatic carbocycles. The highest BCUT2D eigenvalue weighted by Crippen LogP contribution is 2.36. The highest BCUT2D eigenvalue weighted by atomic mass is 35.5. The van der Waals surface area contributed by atoms with Gasteiger partial charge in [-0.05, 0) is 37.5 Å². The molecule has 0 radical (unpaired) electrons. The molecule has 1 amide bonds. The fourth-order valence-corrected chi connectivity index (χ4v) is 5.00. The summed E-state index contributed by atoms with van der Waals surface area (Å²) in [6, 6.07) is 1.64. The first-order chi connectivity index (χ1) is 11.2. The highest BCUT2D eigenvalue weighted by Gasteiger charge is 2.32. The number of benzene rings is 1. The van der Waals surface area contributed by atoms with Gasteiger partial charge in [-0.2, -0.15) is 4.31 Å². The third-order valence-electron chi connectivity index (χ3n) is 4.31. The van der Waals surface area contributed by atoms with Crippen LogP contribution in [0.3, 0.4) is 0 Å². The topological polar surface area (TPSA) is 66.9 Å². The fraction of sp³-hybridized carbons (Fsp3) is 0.562. The number of hydrogen-bond donors (Lipinski definition) is 0. The maximum atomic E-state index is 13.2. The Bertz CT molecular complexity index is 749. The van der Waals surface area contributed by atoms with Crippen molar-refractivity contribution >= 4 is 27.5 Å². The quantitative estimate of drug-likeness (QED) is 0.813. The molecule has 1 fully saturated rings. The van der Waals surface area contributed by atoms with Gasteiger partial charge in [-0.1, -0.05) is 11.6 Å². The number of amides is 1. The van der Waals surface area contributed by atoms with Gasteiger partial charge in [-0.15, -0.1) is 0 Å². The fourth-order valence-electron chi connectivity index (χ4n) is 2.96. The second kappa shape index (κ2) is 7.29. The number of halogens is 1. The normalized spacial score (nSPS) is 16.8. The van der Waals surface area contributed by atoms with Crippen molar-refractivity contribution in [2.75, 3.05) is 33.3 Å². The summed E-state index contributed by atoms with van der Waals surface area (Å²) in [4.78, 5) is 13.3. The summed E-state index contributed by atoms with van der Waals surface area (Å²) in [6.07, 6.45) is 0.597. The Hall–Kier alpha value is -1.31. The van der Waals surface area contributed by atoms with Crippen molar-refractivity contribution in [3.05, 3.63) is 22.2 Å². The molecule has 0 N–H and O–H groups in total. The van der Waals surface area contributed by atoms with Crippen LogP contribution in [-0.2, 0) is 14.8 Å². The molecule has 1 aliphatic rings. The highest BCUT2D eigenvalue weighted by molar-refractivity contribution is 7.89. The van der Waals surface area contributed by atoms with Crippen molar-refractivity contribution in [2.24, 2.45) is 0 Å². The van der Waals surface area contributed by atoms with Crippen LogP contribution in [0.15, 0.2) is 11.0 Å². The Kier molecular flexibility index (Phi) is 5.78. The summed E-state index contributed by atoms with van der Waals surface area (Å²) in [6.45, 7) is 6.56. The van der Waals surface area contributed by atoms with Gasteiger partial charge in [-0.3, -0.25) is 4.79 Å². The van der Waals surface area contributed by atoms with Crippen LogP contribution in [0.25, 0.3) is 0 Å². The second-order valence-corrected chi connectivity index (χ2v) is 8.18. The molecule has 1 aromatic carbocycles. The summed E-state index contributed by atoms with van der Waals surface area (Å²) in [7, 11) is -2.32. The van der Waals surface area contributed by atoms with E-state index in [1.165, 1.54) is 18.3 Å². The minimum Gasteiger partial charge on any atom is -0.495 e. The van der Waals surface area contributed by atoms with E-state index in [0.717, 1.165) is 5.56 Å². The van der Waals surface area contributed by atoms with Crippen molar-refractivity contribution in [2.45, 2.75) is 32.1 Å². The Morgan fingerprint density at radius 1 is 1.21 bits per heavy atom. The van der Waals surface area contributed by atoms with Gasteiger partial charge in [0.1, 0.15) is 10.6 Å². The maximum absolute atomic E-state index is 13.2. The van der Waals surface area contributed by atoms with Gasteiger partial charge in [-0.25, -0.2) is 8.42 Å². The first kappa shape index (κ1) is 19.0. The van der Waals surface area contributed by atoms with Crippen LogP contribution in [-0.4, -0.2) is 56.8 Å². The Morgan fingerprint density at radius 3 is 2.46 bits per heavy atom. The summed E-state index contributed by atoms with van der Waals surface area (Å²) in [5.41, 5.74) is 1.25. The first-order valence-electron chi connectivity index (χ1n) is 7.79. The largest absolute Gasteiger partial charge is 0.495 e. The molecule has 0 spiro atoms. The molecule has 24 heavy (non-hydrogen) atoms. The first-order valence-corrected chi connectivity index (χ1v) is 9.61. The summed E-state index contributed by atoms with van der Waals surface area (Å²) in [5, 5.41) is 0.426. The zero-order valence-electron chi connectivity index (χ0n) is 14.4. The van der Waals surface area contributed by atoms with Crippen LogP contribution in [0.4, 0.5) is 0 Å². The third kappa shape index (κ3) is 3.53. The maximum Gasteiger partial charge on any atom is 0.247 e. The molecule has 0 bridgehead atoms. The summed E-state index contributed by atoms with van der Waals surface area (Å²) < 4.78 is 33.0. The predicted molar refractivity (Wildman–Crippen MR) is 93.1 cm³/mol. The molecular formula is C16H23ClN2O4S. The van der Waals surface area contributed by atoms with E-state index in [2.05, 4.69) is 0 Å². The van der Waals surface area contributed by atoms with E-state index in [4.69, 9.17) is 16.3 Å². The molecule has 2 rings (SSSR count). The van der Waals surface area contributed by atoms with Crippen molar-refractivity contribution < 1.29 is 17.9 Å². The minimum atomic E-state index is -3.76. The monoisotopic (exact) mass is 374 g/mol. The van der Waals surface area contributed by atoms with E-state index in [1.54, 1.807) is 17.9 Å². The number of ether oxygens (including phenoxy) is 1. The Morgan fingerprint density at radius 2 is 1.88 bits per heavy atom. The van der Waals surface area contributed by atoms with E-state index in [-0.39, 0.29) is 17.3 Å². The van der Waals surface area contributed by atoms with E-state index < -0.39 is 10.0 Å². The molecule has 0 atom stereocenters. The van der Waals surface area contributed by atoms with Crippen LogP contribution in [0.1, 0.15) is 24.5 Å². The van der Waals surface area contributed by atoms with Crippen molar-refractivity contribution in [3.63, 3.8) is 0 Å². The number of hydrogen-bond acceptors (Lipinski definition) is 4. The van der Waals surface area contributed by atoms with Gasteiger partial charge in [0.15, 0.2) is 0 Å². The number of rotatable bonds is 3. The number of aryl methyl sites for hydroxylation is 1. The summed E-state index contributed by atoms with van der Waals surface area (Å²) >= 11 is 6.26. The number of nitrogens with zero attached hydrogens (tertiary/aromatic N) is 2. The molecule has 1 saturated heterocycles. The van der Waals surface area contributed by atoms with E-state index in [9.17, 15) is 13.2 Å². The van der Waals surface area contributed by atoms with Gasteiger partial charge in [0.05, 0.1) is 7.11 Å². The van der Waals surface area contributed by atoms with Gasteiger partial charge < -0.3 is 9.64 Å². The average Bonchev–Trinajstić information content (AvgIpc) is 2.78. The molecule has 0 unspecified atom stereocenters. The lowest BCUT2D eigenvalue weighted by Crippen LogP contribution is -2.37. The average molecular weight is 375 g/mol. The second-order valence-electron chi connectivity index (χ2n) is 5.93. The molecule has 1 aromatic rings. The van der Waals surface area contributed by atoms with Crippen LogP contribution in [0.2, 0.25) is 5.02 Å². The molecule has 8 heteroatoms. The number of sulfonamides is 1. The van der Waals surface area contributed by atoms with Crippen molar-refractivity contribution in [1.82, 2.24) is 9.21 Å². The van der Waals surface area contributed by atoms with Crippen LogP contribution in [0, 0.1) is 13.8 Å². The van der Waals surface area contributed by atoms with Crippen LogP contribution in [0.5, 0.6) is 5.75 Å². The zero-order chi connectivity index (χ0) is 18.1. The van der Waals surface area contributed by atoms with Gasteiger partial charge in [0.25, 0.3) is 0 Å². The lowest BCUT2D eigenvalue weighted by atomic mass is 10.1. The van der Waals surface area contributed by atoms with E-state index >= 15 is 0 Å². The number of methoxy groups -OCH3 is 1. The van der Waals surface area contributed by atoms with Crippen LogP contribution >= 0.6 is 11.6 Å².